The van der Waals surface area contributed by atoms with Gasteiger partial charge in [0.05, 0.1) is 6.54 Å². The standard InChI is InChI=1S/C14H25NO/c1-3-11(2)14(16)10-15-9-5-7-12-6-4-8-13(12)15/h11-13H,3-10H2,1-2H3. The normalized spacial score (nSPS) is 32.4. The van der Waals surface area contributed by atoms with E-state index in [1.54, 1.807) is 0 Å². The Bertz CT molecular complexity index is 251. The van der Waals surface area contributed by atoms with Crippen molar-refractivity contribution >= 4 is 5.78 Å². The molecule has 1 aliphatic carbocycles. The van der Waals surface area contributed by atoms with Crippen molar-refractivity contribution in [3.05, 3.63) is 0 Å². The molecule has 2 heteroatoms. The quantitative estimate of drug-likeness (QED) is 0.730. The second kappa shape index (κ2) is 5.31. The Morgan fingerprint density at radius 2 is 2.06 bits per heavy atom. The van der Waals surface area contributed by atoms with Gasteiger partial charge in [0, 0.05) is 12.0 Å². The third-order valence-corrected chi connectivity index (χ3v) is 4.63. The number of piperidine rings is 1. The fraction of sp³-hybridized carbons (Fsp3) is 0.929. The van der Waals surface area contributed by atoms with Gasteiger partial charge in [-0.15, -0.1) is 0 Å². The number of nitrogens with zero attached hydrogens (tertiary/aromatic N) is 1. The van der Waals surface area contributed by atoms with Gasteiger partial charge in [0.15, 0.2) is 0 Å². The van der Waals surface area contributed by atoms with E-state index in [4.69, 9.17) is 0 Å². The van der Waals surface area contributed by atoms with E-state index in [2.05, 4.69) is 18.7 Å². The van der Waals surface area contributed by atoms with Crippen molar-refractivity contribution in [2.75, 3.05) is 13.1 Å². The monoisotopic (exact) mass is 223 g/mol. The van der Waals surface area contributed by atoms with Gasteiger partial charge in [-0.05, 0) is 44.6 Å². The lowest BCUT2D eigenvalue weighted by molar-refractivity contribution is -0.124. The number of likely N-dealkylation sites (tertiary alicyclic amines) is 1. The number of hydrogen-bond donors (Lipinski definition) is 0. The highest BCUT2D eigenvalue weighted by molar-refractivity contribution is 5.82. The van der Waals surface area contributed by atoms with Crippen LogP contribution in [0.4, 0.5) is 0 Å². The zero-order valence-corrected chi connectivity index (χ0v) is 10.7. The maximum Gasteiger partial charge on any atom is 0.149 e. The number of rotatable bonds is 4. The first-order valence-corrected chi connectivity index (χ1v) is 6.99. The van der Waals surface area contributed by atoms with Crippen LogP contribution in [-0.4, -0.2) is 29.8 Å². The van der Waals surface area contributed by atoms with Gasteiger partial charge < -0.3 is 0 Å². The van der Waals surface area contributed by atoms with Crippen molar-refractivity contribution in [1.82, 2.24) is 4.90 Å². The highest BCUT2D eigenvalue weighted by Gasteiger charge is 2.35. The zero-order chi connectivity index (χ0) is 11.5. The van der Waals surface area contributed by atoms with Crippen LogP contribution in [0, 0.1) is 11.8 Å². The highest BCUT2D eigenvalue weighted by Crippen LogP contribution is 2.36. The molecule has 3 unspecified atom stereocenters. The van der Waals surface area contributed by atoms with Crippen LogP contribution in [0.15, 0.2) is 0 Å². The number of carbonyl (C=O) groups excluding carboxylic acids is 1. The maximum atomic E-state index is 12.0. The minimum Gasteiger partial charge on any atom is -0.298 e. The lowest BCUT2D eigenvalue weighted by atomic mass is 9.91. The van der Waals surface area contributed by atoms with E-state index in [9.17, 15) is 4.79 Å². The largest absolute Gasteiger partial charge is 0.298 e. The molecule has 92 valence electrons. The average molecular weight is 223 g/mol. The summed E-state index contributed by atoms with van der Waals surface area (Å²) >= 11 is 0. The lowest BCUT2D eigenvalue weighted by Gasteiger charge is -2.37. The Kier molecular flexibility index (Phi) is 4.01. The van der Waals surface area contributed by atoms with Crippen LogP contribution in [0.3, 0.4) is 0 Å². The summed E-state index contributed by atoms with van der Waals surface area (Å²) < 4.78 is 0. The summed E-state index contributed by atoms with van der Waals surface area (Å²) in [5, 5.41) is 0. The van der Waals surface area contributed by atoms with Gasteiger partial charge in [0.2, 0.25) is 0 Å². The zero-order valence-electron chi connectivity index (χ0n) is 10.7. The fourth-order valence-corrected chi connectivity index (χ4v) is 3.34. The summed E-state index contributed by atoms with van der Waals surface area (Å²) in [5.74, 6) is 1.61. The summed E-state index contributed by atoms with van der Waals surface area (Å²) in [4.78, 5) is 14.5. The third kappa shape index (κ3) is 2.48. The molecule has 1 aliphatic heterocycles. The lowest BCUT2D eigenvalue weighted by Crippen LogP contribution is -2.45. The summed E-state index contributed by atoms with van der Waals surface area (Å²) in [6.45, 7) is 6.05. The van der Waals surface area contributed by atoms with E-state index in [1.165, 1.54) is 32.1 Å². The van der Waals surface area contributed by atoms with Crippen LogP contribution in [-0.2, 0) is 4.79 Å². The van der Waals surface area contributed by atoms with Crippen LogP contribution >= 0.6 is 0 Å². The molecule has 0 aromatic heterocycles. The van der Waals surface area contributed by atoms with Crippen molar-refractivity contribution < 1.29 is 4.79 Å². The molecule has 0 aromatic rings. The van der Waals surface area contributed by atoms with Crippen LogP contribution in [0.5, 0.6) is 0 Å². The molecule has 0 radical (unpaired) electrons. The molecule has 3 atom stereocenters. The summed E-state index contributed by atoms with van der Waals surface area (Å²) in [5.41, 5.74) is 0. The molecule has 1 heterocycles. The predicted octanol–water partition coefficient (Wildman–Crippen LogP) is 2.87. The summed E-state index contributed by atoms with van der Waals surface area (Å²) in [6, 6.07) is 0.738. The molecule has 2 rings (SSSR count). The van der Waals surface area contributed by atoms with Crippen molar-refractivity contribution in [3.8, 4) is 0 Å². The van der Waals surface area contributed by atoms with E-state index in [-0.39, 0.29) is 5.92 Å². The number of fused-ring (bicyclic) bond motifs is 1. The SMILES string of the molecule is CCC(C)C(=O)CN1CCCC2CCCC21. The Morgan fingerprint density at radius 1 is 1.31 bits per heavy atom. The first-order valence-electron chi connectivity index (χ1n) is 6.99. The van der Waals surface area contributed by atoms with Gasteiger partial charge in [-0.1, -0.05) is 20.3 Å². The molecule has 16 heavy (non-hydrogen) atoms. The van der Waals surface area contributed by atoms with Crippen LogP contribution in [0.2, 0.25) is 0 Å². The van der Waals surface area contributed by atoms with Gasteiger partial charge in [0.1, 0.15) is 5.78 Å². The molecule has 1 saturated heterocycles. The predicted molar refractivity (Wildman–Crippen MR) is 66.4 cm³/mol. The first-order chi connectivity index (χ1) is 7.72. The Labute approximate surface area is 99.4 Å². The summed E-state index contributed by atoms with van der Waals surface area (Å²) in [6.07, 6.45) is 7.80. The average Bonchev–Trinajstić information content (AvgIpc) is 2.77. The molecule has 2 fully saturated rings. The Morgan fingerprint density at radius 3 is 2.81 bits per heavy atom. The van der Waals surface area contributed by atoms with Crippen molar-refractivity contribution in [3.63, 3.8) is 0 Å². The topological polar surface area (TPSA) is 20.3 Å². The van der Waals surface area contributed by atoms with E-state index >= 15 is 0 Å². The van der Waals surface area contributed by atoms with Crippen LogP contribution in [0.25, 0.3) is 0 Å². The number of ketones is 1. The Hall–Kier alpha value is -0.370. The Balaban J connectivity index is 1.91. The molecule has 0 N–H and O–H groups in total. The summed E-state index contributed by atoms with van der Waals surface area (Å²) in [7, 11) is 0. The second-order valence-corrected chi connectivity index (χ2v) is 5.65. The highest BCUT2D eigenvalue weighted by atomic mass is 16.1. The molecule has 0 aromatic carbocycles. The van der Waals surface area contributed by atoms with E-state index < -0.39 is 0 Å². The van der Waals surface area contributed by atoms with Crippen molar-refractivity contribution in [2.45, 2.75) is 58.4 Å². The third-order valence-electron chi connectivity index (χ3n) is 4.63. The molecular formula is C14H25NO. The number of hydrogen-bond acceptors (Lipinski definition) is 2. The first kappa shape index (κ1) is 12.1. The molecule has 0 amide bonds. The van der Waals surface area contributed by atoms with Gasteiger partial charge in [-0.2, -0.15) is 0 Å². The number of Topliss-reactive ketones (excluding diaryl/α,β-unsaturated/α-hetero) is 1. The van der Waals surface area contributed by atoms with E-state index in [0.29, 0.717) is 5.78 Å². The molecular weight excluding hydrogens is 198 g/mol. The van der Waals surface area contributed by atoms with Crippen molar-refractivity contribution in [1.29, 1.82) is 0 Å². The van der Waals surface area contributed by atoms with Crippen molar-refractivity contribution in [2.24, 2.45) is 11.8 Å². The van der Waals surface area contributed by atoms with Gasteiger partial charge >= 0.3 is 0 Å². The smallest absolute Gasteiger partial charge is 0.149 e. The second-order valence-electron chi connectivity index (χ2n) is 5.65. The van der Waals surface area contributed by atoms with Crippen LogP contribution < -0.4 is 0 Å². The van der Waals surface area contributed by atoms with Gasteiger partial charge in [-0.25, -0.2) is 0 Å². The number of carbonyl (C=O) groups is 1. The van der Waals surface area contributed by atoms with Gasteiger partial charge in [-0.3, -0.25) is 9.69 Å². The minimum atomic E-state index is 0.252. The van der Waals surface area contributed by atoms with E-state index in [0.717, 1.165) is 31.5 Å². The fourth-order valence-electron chi connectivity index (χ4n) is 3.34. The molecule has 0 bridgehead atoms. The van der Waals surface area contributed by atoms with Crippen LogP contribution in [0.1, 0.15) is 52.4 Å². The minimum absolute atomic E-state index is 0.252. The molecule has 2 aliphatic rings. The molecule has 1 saturated carbocycles. The molecule has 2 nitrogen and oxygen atoms in total. The maximum absolute atomic E-state index is 12.0. The molecule has 0 spiro atoms. The van der Waals surface area contributed by atoms with E-state index in [1.807, 2.05) is 0 Å². The van der Waals surface area contributed by atoms with Gasteiger partial charge in [0.25, 0.3) is 0 Å².